The van der Waals surface area contributed by atoms with Crippen molar-refractivity contribution in [1.29, 1.82) is 0 Å². The van der Waals surface area contributed by atoms with Gasteiger partial charge in [-0.1, -0.05) is 22.0 Å². The molecule has 1 aromatic heterocycles. The predicted molar refractivity (Wildman–Crippen MR) is 82.6 cm³/mol. The minimum absolute atomic E-state index is 0.0523. The summed E-state index contributed by atoms with van der Waals surface area (Å²) >= 11 is 3.60. The Hall–Kier alpha value is -1.29. The number of ether oxygens (including phenoxy) is 1. The number of fused-ring (bicyclic) bond motifs is 1. The highest BCUT2D eigenvalue weighted by Gasteiger charge is 2.28. The second-order valence-electron chi connectivity index (χ2n) is 5.42. The third kappa shape index (κ3) is 2.37. The van der Waals surface area contributed by atoms with Gasteiger partial charge in [-0.25, -0.2) is 0 Å². The molecule has 3 rings (SSSR count). The Morgan fingerprint density at radius 3 is 2.70 bits per heavy atom. The summed E-state index contributed by atoms with van der Waals surface area (Å²) in [6.07, 6.45) is 6.08. The predicted octanol–water partition coefficient (Wildman–Crippen LogP) is 4.31. The summed E-state index contributed by atoms with van der Waals surface area (Å²) in [7, 11) is 1.48. The van der Waals surface area contributed by atoms with E-state index in [-0.39, 0.29) is 11.9 Å². The number of aromatic nitrogens is 1. The zero-order chi connectivity index (χ0) is 14.1. The number of halogens is 1. The van der Waals surface area contributed by atoms with E-state index in [0.29, 0.717) is 6.04 Å². The first kappa shape index (κ1) is 13.7. The van der Waals surface area contributed by atoms with Gasteiger partial charge in [0.25, 0.3) is 0 Å². The molecule has 0 bridgehead atoms. The van der Waals surface area contributed by atoms with Gasteiger partial charge in [-0.15, -0.1) is 0 Å². The smallest absolute Gasteiger partial charge is 0.308 e. The molecule has 0 amide bonds. The Labute approximate surface area is 127 Å². The number of methoxy groups -OCH3 is 1. The van der Waals surface area contributed by atoms with Crippen LogP contribution in [0.3, 0.4) is 0 Å². The molecule has 4 heteroatoms. The fraction of sp³-hybridized carbons (Fsp3) is 0.438. The van der Waals surface area contributed by atoms with E-state index in [0.717, 1.165) is 30.2 Å². The molecule has 106 valence electrons. The van der Waals surface area contributed by atoms with E-state index in [1.165, 1.54) is 18.0 Å². The lowest BCUT2D eigenvalue weighted by atomic mass is 9.86. The number of hydrogen-bond donors (Lipinski definition) is 0. The van der Waals surface area contributed by atoms with Crippen LogP contribution in [0.25, 0.3) is 10.9 Å². The molecule has 0 spiro atoms. The van der Waals surface area contributed by atoms with Gasteiger partial charge in [0.05, 0.1) is 13.0 Å². The molecule has 0 aliphatic heterocycles. The maximum Gasteiger partial charge on any atom is 0.308 e. The average Bonchev–Trinajstić information content (AvgIpc) is 2.92. The van der Waals surface area contributed by atoms with Crippen molar-refractivity contribution < 1.29 is 9.53 Å². The fourth-order valence-electron chi connectivity index (χ4n) is 3.23. The lowest BCUT2D eigenvalue weighted by Gasteiger charge is -2.28. The van der Waals surface area contributed by atoms with Gasteiger partial charge in [0.15, 0.2) is 0 Å². The molecule has 0 radical (unpaired) electrons. The van der Waals surface area contributed by atoms with Crippen LogP contribution >= 0.6 is 15.9 Å². The molecule has 20 heavy (non-hydrogen) atoms. The normalized spacial score (nSPS) is 22.9. The van der Waals surface area contributed by atoms with E-state index in [2.05, 4.69) is 51.0 Å². The Morgan fingerprint density at radius 1 is 1.25 bits per heavy atom. The third-order valence-electron chi connectivity index (χ3n) is 4.33. The molecule has 1 aromatic carbocycles. The molecule has 0 N–H and O–H groups in total. The van der Waals surface area contributed by atoms with E-state index in [1.807, 2.05) is 0 Å². The zero-order valence-corrected chi connectivity index (χ0v) is 13.1. The van der Waals surface area contributed by atoms with Crippen molar-refractivity contribution in [2.75, 3.05) is 7.11 Å². The summed E-state index contributed by atoms with van der Waals surface area (Å²) in [6.45, 7) is 0. The maximum absolute atomic E-state index is 11.6. The van der Waals surface area contributed by atoms with Crippen molar-refractivity contribution in [3.63, 3.8) is 0 Å². The highest BCUT2D eigenvalue weighted by molar-refractivity contribution is 9.10. The molecule has 1 aliphatic rings. The molecule has 2 aromatic rings. The van der Waals surface area contributed by atoms with Crippen LogP contribution in [0.1, 0.15) is 31.7 Å². The van der Waals surface area contributed by atoms with Crippen molar-refractivity contribution in [3.8, 4) is 0 Å². The summed E-state index contributed by atoms with van der Waals surface area (Å²) in [4.78, 5) is 11.6. The minimum atomic E-state index is -0.0523. The Bertz CT molecular complexity index is 626. The number of nitrogens with zero attached hydrogens (tertiary/aromatic N) is 1. The van der Waals surface area contributed by atoms with Crippen LogP contribution in [-0.2, 0) is 9.53 Å². The molecule has 1 aliphatic carbocycles. The van der Waals surface area contributed by atoms with E-state index in [1.54, 1.807) is 0 Å². The van der Waals surface area contributed by atoms with Gasteiger partial charge in [0.2, 0.25) is 0 Å². The minimum Gasteiger partial charge on any atom is -0.469 e. The highest BCUT2D eigenvalue weighted by atomic mass is 79.9. The number of carbonyl (C=O) groups is 1. The number of hydrogen-bond acceptors (Lipinski definition) is 2. The molecular formula is C16H18BrNO2. The Morgan fingerprint density at radius 2 is 2.00 bits per heavy atom. The number of esters is 1. The first-order valence-corrected chi connectivity index (χ1v) is 7.83. The number of rotatable bonds is 2. The molecule has 1 saturated carbocycles. The van der Waals surface area contributed by atoms with Crippen LogP contribution in [0.2, 0.25) is 0 Å². The Kier molecular flexibility index (Phi) is 3.83. The molecule has 1 heterocycles. The van der Waals surface area contributed by atoms with Crippen LogP contribution in [0, 0.1) is 5.92 Å². The van der Waals surface area contributed by atoms with Gasteiger partial charge in [0.1, 0.15) is 0 Å². The molecule has 3 nitrogen and oxygen atoms in total. The van der Waals surface area contributed by atoms with Gasteiger partial charge < -0.3 is 9.30 Å². The van der Waals surface area contributed by atoms with Crippen LogP contribution in [-0.4, -0.2) is 17.6 Å². The van der Waals surface area contributed by atoms with Crippen LogP contribution < -0.4 is 0 Å². The quantitative estimate of drug-likeness (QED) is 0.766. The largest absolute Gasteiger partial charge is 0.469 e. The number of carbonyl (C=O) groups excluding carboxylic acids is 1. The van der Waals surface area contributed by atoms with E-state index in [9.17, 15) is 4.79 Å². The summed E-state index contributed by atoms with van der Waals surface area (Å²) in [5.41, 5.74) is 1.26. The standard InChI is InChI=1S/C16H18BrNO2/c1-20-16(19)11-5-7-12(8-6-11)18-10-9-13-14(17)3-2-4-15(13)18/h2-4,9-12H,5-8H2,1H3. The van der Waals surface area contributed by atoms with Crippen LogP contribution in [0.15, 0.2) is 34.9 Å². The summed E-state index contributed by atoms with van der Waals surface area (Å²) in [5, 5.41) is 1.25. The van der Waals surface area contributed by atoms with Gasteiger partial charge >= 0.3 is 5.97 Å². The Balaban J connectivity index is 1.80. The lowest BCUT2D eigenvalue weighted by Crippen LogP contribution is -2.24. The number of benzene rings is 1. The maximum atomic E-state index is 11.6. The van der Waals surface area contributed by atoms with Gasteiger partial charge in [-0.2, -0.15) is 0 Å². The van der Waals surface area contributed by atoms with Gasteiger partial charge in [-0.05, 0) is 43.9 Å². The van der Waals surface area contributed by atoms with Crippen molar-refractivity contribution in [2.45, 2.75) is 31.7 Å². The van der Waals surface area contributed by atoms with Gasteiger partial charge in [0, 0.05) is 27.6 Å². The summed E-state index contributed by atoms with van der Waals surface area (Å²) in [6, 6.07) is 8.95. The van der Waals surface area contributed by atoms with Gasteiger partial charge in [-0.3, -0.25) is 4.79 Å². The average molecular weight is 336 g/mol. The fourth-order valence-corrected chi connectivity index (χ4v) is 3.71. The highest BCUT2D eigenvalue weighted by Crippen LogP contribution is 2.36. The first-order valence-electron chi connectivity index (χ1n) is 7.03. The van der Waals surface area contributed by atoms with Crippen molar-refractivity contribution in [1.82, 2.24) is 4.57 Å². The van der Waals surface area contributed by atoms with E-state index < -0.39 is 0 Å². The monoisotopic (exact) mass is 335 g/mol. The third-order valence-corrected chi connectivity index (χ3v) is 5.03. The molecule has 0 unspecified atom stereocenters. The molecule has 1 fully saturated rings. The van der Waals surface area contributed by atoms with E-state index in [4.69, 9.17) is 4.74 Å². The first-order chi connectivity index (χ1) is 9.70. The molecule has 0 atom stereocenters. The summed E-state index contributed by atoms with van der Waals surface area (Å²) < 4.78 is 8.34. The second kappa shape index (κ2) is 5.60. The second-order valence-corrected chi connectivity index (χ2v) is 6.28. The van der Waals surface area contributed by atoms with Crippen molar-refractivity contribution in [2.24, 2.45) is 5.92 Å². The van der Waals surface area contributed by atoms with Crippen molar-refractivity contribution >= 4 is 32.8 Å². The van der Waals surface area contributed by atoms with E-state index >= 15 is 0 Å². The van der Waals surface area contributed by atoms with Crippen molar-refractivity contribution in [3.05, 3.63) is 34.9 Å². The van der Waals surface area contributed by atoms with Crippen LogP contribution in [0.5, 0.6) is 0 Å². The summed E-state index contributed by atoms with van der Waals surface area (Å²) in [5.74, 6) is 0.0355. The molecule has 0 saturated heterocycles. The van der Waals surface area contributed by atoms with Crippen LogP contribution in [0.4, 0.5) is 0 Å². The SMILES string of the molecule is COC(=O)C1CCC(n2ccc3c(Br)cccc32)CC1. The molecular weight excluding hydrogens is 318 g/mol. The lowest BCUT2D eigenvalue weighted by molar-refractivity contribution is -0.146. The zero-order valence-electron chi connectivity index (χ0n) is 11.5. The topological polar surface area (TPSA) is 31.2 Å².